The van der Waals surface area contributed by atoms with Crippen molar-refractivity contribution in [2.24, 2.45) is 9.98 Å². The van der Waals surface area contributed by atoms with Gasteiger partial charge in [0.25, 0.3) is 0 Å². The Morgan fingerprint density at radius 2 is 0.681 bits per heavy atom. The van der Waals surface area contributed by atoms with Crippen LogP contribution >= 0.6 is 45.3 Å². The smallest absolute Gasteiger partial charge is 0.367 e. The number of hydrogen-bond acceptors (Lipinski definition) is 22. The van der Waals surface area contributed by atoms with Gasteiger partial charge in [0, 0.05) is 33.4 Å². The van der Waals surface area contributed by atoms with E-state index in [0.717, 1.165) is 45.3 Å². The van der Waals surface area contributed by atoms with Gasteiger partial charge in [-0.1, -0.05) is 170 Å². The van der Waals surface area contributed by atoms with Crippen LogP contribution in [0.3, 0.4) is 0 Å². The summed E-state index contributed by atoms with van der Waals surface area (Å²) < 4.78 is 38.9. The molecule has 18 nitrogen and oxygen atoms in total. The lowest BCUT2D eigenvalue weighted by atomic mass is 9.90. The van der Waals surface area contributed by atoms with E-state index in [0.29, 0.717) is 33.4 Å². The number of benzene rings is 6. The second-order valence-corrected chi connectivity index (χ2v) is 25.4. The Morgan fingerprint density at radius 1 is 0.394 bits per heavy atom. The number of hydrogen-bond donors (Lipinski definition) is 0. The highest BCUT2D eigenvalue weighted by Gasteiger charge is 2.62. The van der Waals surface area contributed by atoms with Gasteiger partial charge in [-0.05, 0) is 45.5 Å². The van der Waals surface area contributed by atoms with Crippen LogP contribution in [0.25, 0.3) is 40.1 Å². The van der Waals surface area contributed by atoms with Crippen molar-refractivity contribution in [3.8, 4) is 55.3 Å². The summed E-state index contributed by atoms with van der Waals surface area (Å²) in [5.41, 5.74) is -4.03. The molecule has 0 fully saturated rings. The van der Waals surface area contributed by atoms with Crippen molar-refractivity contribution in [3.05, 3.63) is 249 Å². The molecule has 452 valence electrons. The minimum Gasteiger partial charge on any atom is -0.457 e. The fourth-order valence-corrected chi connectivity index (χ4v) is 16.4. The first kappa shape index (κ1) is 59.6. The normalized spacial score (nSPS) is 14.9. The maximum atomic E-state index is 15.6. The number of thiophene rings is 4. The van der Waals surface area contributed by atoms with Crippen molar-refractivity contribution in [2.75, 3.05) is 0 Å². The van der Waals surface area contributed by atoms with Gasteiger partial charge < -0.3 is 28.4 Å². The van der Waals surface area contributed by atoms with Crippen LogP contribution in [-0.4, -0.2) is 46.9 Å². The van der Waals surface area contributed by atoms with Crippen molar-refractivity contribution in [1.29, 1.82) is 21.0 Å². The van der Waals surface area contributed by atoms with Crippen molar-refractivity contribution in [1.82, 2.24) is 0 Å². The second kappa shape index (κ2) is 24.3. The second-order valence-electron chi connectivity index (χ2n) is 21.3. The molecule has 0 saturated heterocycles. The van der Waals surface area contributed by atoms with Crippen LogP contribution in [0.1, 0.15) is 65.2 Å². The summed E-state index contributed by atoms with van der Waals surface area (Å²) in [7, 11) is 0. The highest BCUT2D eigenvalue weighted by atomic mass is 32.1. The SMILES string of the molecule is N#CC(C#N)=C1/C(=N/c2cc3c(s2)-c2sc4c5c(sc4c2OC3(C(=O)OCc2ccccc2)C(=O)OCc2ccccc2)-c2sc(/N=C3\C(=O)c4ccccc4C3=C(C#N)C#N)cc2C(C(=O)OCc2ccccc2)(C(=O)OCc2ccccc2)O5)C(=O)c2ccccc21. The molecule has 0 amide bonds. The van der Waals surface area contributed by atoms with E-state index in [4.69, 9.17) is 38.4 Å². The Hall–Kier alpha value is -12.0. The monoisotopic (exact) mass is 1310 g/mol. The number of ketones is 2. The lowest BCUT2D eigenvalue weighted by molar-refractivity contribution is -0.185. The Balaban J connectivity index is 1.00. The Morgan fingerprint density at radius 3 is 0.979 bits per heavy atom. The lowest BCUT2D eigenvalue weighted by Crippen LogP contribution is -2.52. The van der Waals surface area contributed by atoms with Crippen molar-refractivity contribution in [3.63, 3.8) is 0 Å². The van der Waals surface area contributed by atoms with Crippen molar-refractivity contribution >= 4 is 123 Å². The third-order valence-electron chi connectivity index (χ3n) is 15.7. The van der Waals surface area contributed by atoms with Gasteiger partial charge in [-0.25, -0.2) is 29.2 Å². The molecule has 4 aromatic heterocycles. The zero-order chi connectivity index (χ0) is 64.8. The van der Waals surface area contributed by atoms with Gasteiger partial charge in [0.1, 0.15) is 83.3 Å². The summed E-state index contributed by atoms with van der Waals surface area (Å²) in [4.78, 5) is 102. The summed E-state index contributed by atoms with van der Waals surface area (Å²) in [5, 5.41) is 41.0. The van der Waals surface area contributed by atoms with Crippen LogP contribution < -0.4 is 9.47 Å². The molecule has 2 aliphatic heterocycles. The number of aliphatic imine (C=N–C) groups is 2. The van der Waals surface area contributed by atoms with Crippen LogP contribution in [-0.2, 0) is 75.8 Å². The summed E-state index contributed by atoms with van der Waals surface area (Å²) in [6, 6.07) is 58.0. The van der Waals surface area contributed by atoms with Gasteiger partial charge in [0.2, 0.25) is 11.6 Å². The van der Waals surface area contributed by atoms with Crippen LogP contribution in [0.2, 0.25) is 0 Å². The Kier molecular flexibility index (Phi) is 15.4. The third kappa shape index (κ3) is 9.94. The number of Topliss-reactive ketones (excluding diaryl/α,β-unsaturated/α-hetero) is 2. The predicted octanol–water partition coefficient (Wildman–Crippen LogP) is 14.1. The van der Waals surface area contributed by atoms with Gasteiger partial charge in [-0.3, -0.25) is 9.59 Å². The number of carbonyl (C=O) groups is 6. The first-order valence-electron chi connectivity index (χ1n) is 28.6. The number of esters is 4. The molecule has 0 radical (unpaired) electrons. The zero-order valence-electron chi connectivity index (χ0n) is 48.4. The first-order valence-corrected chi connectivity index (χ1v) is 31.8. The van der Waals surface area contributed by atoms with E-state index in [1.54, 1.807) is 170 Å². The van der Waals surface area contributed by atoms with E-state index in [1.165, 1.54) is 12.1 Å². The van der Waals surface area contributed by atoms with Gasteiger partial charge >= 0.3 is 35.1 Å². The number of ether oxygens (including phenoxy) is 6. The van der Waals surface area contributed by atoms with Gasteiger partial charge in [-0.2, -0.15) is 21.0 Å². The molecule has 0 atom stereocenters. The van der Waals surface area contributed by atoms with Gasteiger partial charge in [0.05, 0.1) is 28.9 Å². The summed E-state index contributed by atoms with van der Waals surface area (Å²) in [6.07, 6.45) is 0. The fourth-order valence-electron chi connectivity index (χ4n) is 11.3. The first-order chi connectivity index (χ1) is 45.9. The number of fused-ring (bicyclic) bond motifs is 11. The van der Waals surface area contributed by atoms with E-state index >= 15 is 19.2 Å². The topological polar surface area (TPSA) is 278 Å². The molecule has 6 aromatic carbocycles. The van der Waals surface area contributed by atoms with Crippen molar-refractivity contribution < 1.29 is 57.2 Å². The fraction of sp³-hybridized carbons (Fsp3) is 0.0833. The molecule has 0 spiro atoms. The van der Waals surface area contributed by atoms with Gasteiger partial charge in [0.15, 0.2) is 11.5 Å². The highest BCUT2D eigenvalue weighted by molar-refractivity contribution is 7.35. The number of carbonyl (C=O) groups excluding carboxylic acids is 6. The molecule has 10 aromatic rings. The van der Waals surface area contributed by atoms with E-state index < -0.39 is 46.6 Å². The third-order valence-corrected chi connectivity index (χ3v) is 20.6. The number of allylic oxidation sites excluding steroid dienone is 4. The summed E-state index contributed by atoms with van der Waals surface area (Å²) >= 11 is 3.96. The Labute approximate surface area is 549 Å². The van der Waals surface area contributed by atoms with Crippen LogP contribution in [0.4, 0.5) is 10.0 Å². The minimum atomic E-state index is -2.82. The molecular formula is C72H38N6O12S4. The maximum absolute atomic E-state index is 15.6. The molecule has 94 heavy (non-hydrogen) atoms. The van der Waals surface area contributed by atoms with Crippen molar-refractivity contribution in [2.45, 2.75) is 37.6 Å². The summed E-state index contributed by atoms with van der Waals surface area (Å²) in [5.74, 6) is -6.20. The average molecular weight is 1310 g/mol. The minimum absolute atomic E-state index is 0.0216. The number of nitrogens with zero attached hydrogens (tertiary/aromatic N) is 6. The molecule has 0 saturated carbocycles. The summed E-state index contributed by atoms with van der Waals surface area (Å²) in [6.45, 7) is -1.37. The van der Waals surface area contributed by atoms with Crippen LogP contribution in [0, 0.1) is 45.3 Å². The highest BCUT2D eigenvalue weighted by Crippen LogP contribution is 2.66. The van der Waals surface area contributed by atoms with E-state index in [-0.39, 0.29) is 133 Å². The lowest BCUT2D eigenvalue weighted by Gasteiger charge is -2.33. The predicted molar refractivity (Wildman–Crippen MR) is 348 cm³/mol. The average Bonchev–Trinajstić information content (AvgIpc) is 1.51. The molecule has 0 N–H and O–H groups in total. The van der Waals surface area contributed by atoms with Gasteiger partial charge in [-0.15, -0.1) is 45.3 Å². The molecule has 2 aliphatic carbocycles. The zero-order valence-corrected chi connectivity index (χ0v) is 51.6. The number of rotatable bonds is 14. The molecular weight excluding hydrogens is 1270 g/mol. The van der Waals surface area contributed by atoms with Crippen LogP contribution in [0.15, 0.2) is 203 Å². The quantitative estimate of drug-likeness (QED) is 0.0423. The standard InChI is InChI=1S/C72H38N6O12S4/c73-31-43(32-74)53-45-25-13-15-27-47(45)57(79)55(53)77-51-29-49-61(91-51)63-59(89-71(49,67(81)85-35-39-17-5-1-6-18-39)68(82)86-36-40-19-7-2-8-20-40)65-66(93-63)60-64(94-65)62-50(30-52(92-62)78-56-54(44(33-75)34-76)46-26-14-16-28-48(46)58(56)80)72(90-60,69(83)87-37-41-21-9-3-10-22-41)70(84)88-38-42-23-11-4-12-24-42/h1-30H,35-38H2/b77-55-,78-56-. The maximum Gasteiger partial charge on any atom is 0.367 e. The van der Waals surface area contributed by atoms with E-state index in [1.807, 2.05) is 24.3 Å². The van der Waals surface area contributed by atoms with Crippen LogP contribution in [0.5, 0.6) is 11.5 Å². The van der Waals surface area contributed by atoms with E-state index in [9.17, 15) is 30.6 Å². The Bertz CT molecular complexity index is 4760. The molecule has 0 unspecified atom stereocenters. The van der Waals surface area contributed by atoms with E-state index in [2.05, 4.69) is 0 Å². The molecule has 14 rings (SSSR count). The molecule has 0 bridgehead atoms. The molecule has 6 heterocycles. The molecule has 4 aliphatic rings. The largest absolute Gasteiger partial charge is 0.457 e. The number of nitriles is 4. The molecule has 22 heteroatoms.